The molecule has 0 atom stereocenters. The minimum absolute atomic E-state index is 0. The molecule has 0 fully saturated rings. The van der Waals surface area contributed by atoms with Gasteiger partial charge >= 0.3 is 0 Å². The van der Waals surface area contributed by atoms with Crippen LogP contribution in [0, 0.1) is 6.15 Å². The molecular formula is C2H7HeN. The molecule has 2 heteroatoms. The summed E-state index contributed by atoms with van der Waals surface area (Å²) in [7, 11) is 3.75. The maximum Gasteiger partial charge on any atom is 0 e. The van der Waals surface area contributed by atoms with E-state index in [2.05, 4.69) is 5.32 Å². The first-order chi connectivity index (χ1) is 1.41. The molecule has 0 aliphatic heterocycles. The fourth-order valence-electron chi connectivity index (χ4n) is 0. The van der Waals surface area contributed by atoms with Gasteiger partial charge in [0.15, 0.2) is 0 Å². The Morgan fingerprint density at radius 2 is 1.25 bits per heavy atom. The molecule has 0 rings (SSSR count). The summed E-state index contributed by atoms with van der Waals surface area (Å²) >= 11 is 0. The van der Waals surface area contributed by atoms with Gasteiger partial charge in [0.25, 0.3) is 0 Å². The van der Waals surface area contributed by atoms with Gasteiger partial charge in [-0.25, -0.2) is 0 Å². The van der Waals surface area contributed by atoms with E-state index in [0.29, 0.717) is 0 Å². The fraction of sp³-hybridized carbons (Fsp3) is 1.00. The smallest absolute Gasteiger partial charge is 0 e. The van der Waals surface area contributed by atoms with Crippen LogP contribution in [-0.2, 0) is 0 Å². The van der Waals surface area contributed by atoms with Gasteiger partial charge in [0.2, 0.25) is 0 Å². The Bertz CT molecular complexity index is 6.00. The van der Waals surface area contributed by atoms with Gasteiger partial charge < -0.3 is 5.32 Å². The van der Waals surface area contributed by atoms with Crippen molar-refractivity contribution in [1.29, 1.82) is 0 Å². The van der Waals surface area contributed by atoms with Crippen LogP contribution in [0.4, 0.5) is 0 Å². The van der Waals surface area contributed by atoms with Crippen LogP contribution >= 0.6 is 0 Å². The molecule has 0 aromatic heterocycles. The van der Waals surface area contributed by atoms with Gasteiger partial charge in [-0.2, -0.15) is 0 Å². The summed E-state index contributed by atoms with van der Waals surface area (Å²) in [6.45, 7) is 0. The van der Waals surface area contributed by atoms with Gasteiger partial charge in [-0.1, -0.05) is 0 Å². The van der Waals surface area contributed by atoms with Crippen molar-refractivity contribution in [2.45, 2.75) is 0 Å². The number of hydrogen-bond donors (Lipinski definition) is 1. The third-order valence-corrected chi connectivity index (χ3v) is 0. The predicted molar refractivity (Wildman–Crippen MR) is 15.0 cm³/mol. The van der Waals surface area contributed by atoms with E-state index >= 15 is 0 Å². The average molecular weight is 49.1 g/mol. The zero-order chi connectivity index (χ0) is 2.71. The second-order valence-electron chi connectivity index (χ2n) is 0.500. The molecule has 0 saturated carbocycles. The van der Waals surface area contributed by atoms with Crippen molar-refractivity contribution in [3.05, 3.63) is 0 Å². The third-order valence-electron chi connectivity index (χ3n) is 0. The van der Waals surface area contributed by atoms with Gasteiger partial charge in [0.1, 0.15) is 0 Å². The van der Waals surface area contributed by atoms with Crippen molar-refractivity contribution in [3.63, 3.8) is 0 Å². The Labute approximate surface area is 26.8 Å². The molecule has 0 heterocycles. The average Bonchev–Trinajstić information content (AvgIpc) is 0.918. The molecule has 0 aliphatic rings. The third kappa shape index (κ3) is 82.4. The largest absolute Gasteiger partial charge is 0.323 e. The molecule has 0 aromatic carbocycles. The van der Waals surface area contributed by atoms with Crippen LogP contribution < -0.4 is 5.32 Å². The first-order valence-corrected chi connectivity index (χ1v) is 1.00. The molecule has 0 spiro atoms. The van der Waals surface area contributed by atoms with E-state index in [1.54, 1.807) is 0 Å². The Hall–Kier alpha value is -0.131. The van der Waals surface area contributed by atoms with E-state index in [1.807, 2.05) is 14.1 Å². The van der Waals surface area contributed by atoms with Crippen LogP contribution in [0.25, 0.3) is 0 Å². The van der Waals surface area contributed by atoms with Gasteiger partial charge in [0.05, 0.1) is 0 Å². The van der Waals surface area contributed by atoms with E-state index in [4.69, 9.17) is 0 Å². The summed E-state index contributed by atoms with van der Waals surface area (Å²) < 4.78 is 0. The van der Waals surface area contributed by atoms with Crippen LogP contribution in [0.15, 0.2) is 0 Å². The molecule has 22 valence electrons. The van der Waals surface area contributed by atoms with Crippen LogP contribution in [0.3, 0.4) is 0 Å². The van der Waals surface area contributed by atoms with E-state index in [1.165, 1.54) is 0 Å². The van der Waals surface area contributed by atoms with Gasteiger partial charge in [-0.05, 0) is 14.1 Å². The molecule has 4 heavy (non-hydrogen) atoms. The van der Waals surface area contributed by atoms with Crippen LogP contribution in [0.2, 0.25) is 0 Å². The van der Waals surface area contributed by atoms with E-state index in [-0.39, 0.29) is 6.15 Å². The molecule has 0 aromatic rings. The summed E-state index contributed by atoms with van der Waals surface area (Å²) in [5, 5.41) is 2.75. The van der Waals surface area contributed by atoms with Crippen LogP contribution in [0.1, 0.15) is 0 Å². The van der Waals surface area contributed by atoms with Crippen molar-refractivity contribution in [2.75, 3.05) is 14.1 Å². The minimum Gasteiger partial charge on any atom is -0.323 e. The summed E-state index contributed by atoms with van der Waals surface area (Å²) in [5.74, 6) is 0. The summed E-state index contributed by atoms with van der Waals surface area (Å²) in [6.07, 6.45) is 0. The van der Waals surface area contributed by atoms with Crippen molar-refractivity contribution in [3.8, 4) is 0 Å². The van der Waals surface area contributed by atoms with Gasteiger partial charge in [0, 0.05) is 6.15 Å². The number of rotatable bonds is 0. The normalized spacial score (nSPS) is 4.50. The van der Waals surface area contributed by atoms with Crippen molar-refractivity contribution in [2.24, 2.45) is 0 Å². The quantitative estimate of drug-likeness (QED) is 0.401. The molecule has 0 saturated heterocycles. The maximum atomic E-state index is 2.75. The first-order valence-electron chi connectivity index (χ1n) is 1.00. The Morgan fingerprint density at radius 3 is 1.25 bits per heavy atom. The standard InChI is InChI=1S/C2H7N.He/c1-3-2;/h3H,1-2H3;. The molecule has 1 N–H and O–H groups in total. The van der Waals surface area contributed by atoms with E-state index < -0.39 is 0 Å². The molecule has 0 unspecified atom stereocenters. The SMILES string of the molecule is CNC.[He]. The molecule has 0 amide bonds. The van der Waals surface area contributed by atoms with E-state index in [9.17, 15) is 0 Å². The second kappa shape index (κ2) is 13.3. The Morgan fingerprint density at radius 1 is 1.25 bits per heavy atom. The van der Waals surface area contributed by atoms with Crippen molar-refractivity contribution in [1.82, 2.24) is 5.32 Å². The topological polar surface area (TPSA) is 12.0 Å². The van der Waals surface area contributed by atoms with Crippen LogP contribution in [0.5, 0.6) is 0 Å². The predicted octanol–water partition coefficient (Wildman–Crippen LogP) is -0.164. The van der Waals surface area contributed by atoms with E-state index in [0.717, 1.165) is 0 Å². The monoisotopic (exact) mass is 49.1 g/mol. The van der Waals surface area contributed by atoms with Crippen LogP contribution in [-0.4, -0.2) is 14.1 Å². The zero-order valence-corrected chi connectivity index (χ0v) is 3.21. The summed E-state index contributed by atoms with van der Waals surface area (Å²) in [4.78, 5) is 0. The molecule has 0 bridgehead atoms. The van der Waals surface area contributed by atoms with Crippen molar-refractivity contribution < 1.29 is 6.15 Å². The van der Waals surface area contributed by atoms with Gasteiger partial charge in [-0.3, -0.25) is 0 Å². The summed E-state index contributed by atoms with van der Waals surface area (Å²) in [5.41, 5.74) is 0. The maximum absolute atomic E-state index is 2.75. The molecule has 0 aliphatic carbocycles. The molecule has 1 nitrogen and oxygen atoms in total. The minimum atomic E-state index is 0. The Balaban J connectivity index is 0. The van der Waals surface area contributed by atoms with Crippen molar-refractivity contribution >= 4 is 0 Å². The Kier molecular flexibility index (Phi) is 30.2. The fourth-order valence-corrected chi connectivity index (χ4v) is 0. The number of hydrogen-bond acceptors (Lipinski definition) is 1. The zero-order valence-electron chi connectivity index (χ0n) is 3.21. The number of nitrogens with one attached hydrogen (secondary N) is 1. The van der Waals surface area contributed by atoms with Gasteiger partial charge in [-0.15, -0.1) is 0 Å². The second-order valence-corrected chi connectivity index (χ2v) is 0.500. The first kappa shape index (κ1) is 9.12. The molecular weight excluding hydrogens is 42.0 g/mol. The summed E-state index contributed by atoms with van der Waals surface area (Å²) in [6, 6.07) is 0. The molecule has 0 radical (unpaired) electrons.